The second-order valence-electron chi connectivity index (χ2n) is 4.10. The topological polar surface area (TPSA) is 15.3 Å². The average Bonchev–Trinajstić information content (AvgIpc) is 2.63. The molecule has 1 rings (SSSR count). The maximum absolute atomic E-state index is 3.57. The fourth-order valence-electron chi connectivity index (χ4n) is 1.69. The van der Waals surface area contributed by atoms with E-state index in [1.54, 1.807) is 11.3 Å². The smallest absolute Gasteiger partial charge is 0.0843 e. The van der Waals surface area contributed by atoms with Crippen molar-refractivity contribution in [1.29, 1.82) is 0 Å². The maximum Gasteiger partial charge on any atom is 0.0843 e. The third-order valence-electron chi connectivity index (χ3n) is 2.75. The van der Waals surface area contributed by atoms with Gasteiger partial charge in [0.05, 0.1) is 3.79 Å². The van der Waals surface area contributed by atoms with E-state index in [0.29, 0.717) is 6.04 Å². The van der Waals surface area contributed by atoms with Gasteiger partial charge in [0.2, 0.25) is 0 Å². The molecule has 5 heteroatoms. The number of hydrogen-bond donors (Lipinski definition) is 1. The van der Waals surface area contributed by atoms with E-state index in [-0.39, 0.29) is 0 Å². The first kappa shape index (κ1) is 15.6. The summed E-state index contributed by atoms with van der Waals surface area (Å²) < 4.78 is 2.32. The van der Waals surface area contributed by atoms with Gasteiger partial charge in [-0.05, 0) is 57.9 Å². The lowest BCUT2D eigenvalue weighted by Gasteiger charge is -2.23. The molecule has 0 aliphatic rings. The zero-order valence-electron chi connectivity index (χ0n) is 10.6. The van der Waals surface area contributed by atoms with Gasteiger partial charge in [-0.1, -0.05) is 13.8 Å². The summed E-state index contributed by atoms with van der Waals surface area (Å²) in [4.78, 5) is 3.80. The number of hydrogen-bond acceptors (Lipinski definition) is 3. The lowest BCUT2D eigenvalue weighted by molar-refractivity contribution is 0.271. The predicted octanol–water partition coefficient (Wildman–Crippen LogP) is 4.09. The van der Waals surface area contributed by atoms with Gasteiger partial charge in [-0.3, -0.25) is 0 Å². The van der Waals surface area contributed by atoms with Crippen LogP contribution in [0.15, 0.2) is 14.3 Å². The zero-order chi connectivity index (χ0) is 12.8. The molecule has 0 saturated carbocycles. The van der Waals surface area contributed by atoms with Crippen LogP contribution in [-0.4, -0.2) is 30.6 Å². The van der Waals surface area contributed by atoms with Gasteiger partial charge in [0.1, 0.15) is 0 Å². The van der Waals surface area contributed by atoms with Crippen molar-refractivity contribution in [3.05, 3.63) is 19.2 Å². The van der Waals surface area contributed by atoms with Crippen LogP contribution in [0.3, 0.4) is 0 Å². The Morgan fingerprint density at radius 1 is 1.35 bits per heavy atom. The van der Waals surface area contributed by atoms with E-state index in [2.05, 4.69) is 68.9 Å². The van der Waals surface area contributed by atoms with Gasteiger partial charge < -0.3 is 10.2 Å². The summed E-state index contributed by atoms with van der Waals surface area (Å²) in [5.74, 6) is 0. The third-order valence-corrected chi connectivity index (χ3v) is 6.00. The molecule has 2 nitrogen and oxygen atoms in total. The van der Waals surface area contributed by atoms with Crippen molar-refractivity contribution in [2.75, 3.05) is 19.6 Å². The van der Waals surface area contributed by atoms with Gasteiger partial charge >= 0.3 is 0 Å². The molecule has 0 aliphatic heterocycles. The van der Waals surface area contributed by atoms with Crippen molar-refractivity contribution in [1.82, 2.24) is 10.2 Å². The van der Waals surface area contributed by atoms with Gasteiger partial charge in [-0.2, -0.15) is 0 Å². The van der Waals surface area contributed by atoms with Crippen molar-refractivity contribution >= 4 is 43.2 Å². The molecule has 0 aromatic carbocycles. The van der Waals surface area contributed by atoms with E-state index < -0.39 is 0 Å². The standard InChI is InChI=1S/C12H20Br2N2S/c1-4-16(5-2)8-9(3)15-7-10-6-11(13)12(14)17-10/h6,9,15H,4-5,7-8H2,1-3H3. The van der Waals surface area contributed by atoms with Gasteiger partial charge in [0.25, 0.3) is 0 Å². The molecular weight excluding hydrogens is 364 g/mol. The number of nitrogens with zero attached hydrogens (tertiary/aromatic N) is 1. The molecule has 0 fully saturated rings. The van der Waals surface area contributed by atoms with E-state index in [0.717, 1.165) is 30.7 Å². The number of likely N-dealkylation sites (N-methyl/N-ethyl adjacent to an activating group) is 1. The van der Waals surface area contributed by atoms with Gasteiger partial charge in [-0.15, -0.1) is 11.3 Å². The molecular formula is C12H20Br2N2S. The maximum atomic E-state index is 3.57. The van der Waals surface area contributed by atoms with Crippen LogP contribution in [0.5, 0.6) is 0 Å². The normalized spacial score (nSPS) is 13.3. The summed E-state index contributed by atoms with van der Waals surface area (Å²) in [5.41, 5.74) is 0. The van der Waals surface area contributed by atoms with Crippen molar-refractivity contribution in [2.24, 2.45) is 0 Å². The quantitative estimate of drug-likeness (QED) is 0.762. The molecule has 1 atom stereocenters. The summed E-state index contributed by atoms with van der Waals surface area (Å²) in [6, 6.07) is 2.70. The molecule has 17 heavy (non-hydrogen) atoms. The van der Waals surface area contributed by atoms with E-state index in [1.807, 2.05) is 0 Å². The SMILES string of the molecule is CCN(CC)CC(C)NCc1cc(Br)c(Br)s1. The second kappa shape index (κ2) is 7.89. The molecule has 0 spiro atoms. The summed E-state index contributed by atoms with van der Waals surface area (Å²) in [6.45, 7) is 11.0. The summed E-state index contributed by atoms with van der Waals surface area (Å²) >= 11 is 8.82. The first-order valence-corrected chi connectivity index (χ1v) is 8.36. The highest BCUT2D eigenvalue weighted by atomic mass is 79.9. The second-order valence-corrected chi connectivity index (χ2v) is 7.41. The van der Waals surface area contributed by atoms with E-state index in [9.17, 15) is 0 Å². The number of rotatable bonds is 7. The van der Waals surface area contributed by atoms with Crippen LogP contribution < -0.4 is 5.32 Å². The molecule has 1 aromatic rings. The molecule has 1 aromatic heterocycles. The zero-order valence-corrected chi connectivity index (χ0v) is 14.6. The minimum Gasteiger partial charge on any atom is -0.308 e. The van der Waals surface area contributed by atoms with Gasteiger partial charge in [0.15, 0.2) is 0 Å². The molecule has 0 amide bonds. The van der Waals surface area contributed by atoms with E-state index >= 15 is 0 Å². The minimum absolute atomic E-state index is 0.523. The first-order valence-electron chi connectivity index (χ1n) is 5.96. The summed E-state index contributed by atoms with van der Waals surface area (Å²) in [6.07, 6.45) is 0. The molecule has 1 N–H and O–H groups in total. The van der Waals surface area contributed by atoms with Crippen LogP contribution in [0.25, 0.3) is 0 Å². The van der Waals surface area contributed by atoms with Crippen molar-refractivity contribution < 1.29 is 0 Å². The van der Waals surface area contributed by atoms with Crippen molar-refractivity contribution in [3.63, 3.8) is 0 Å². The fraction of sp³-hybridized carbons (Fsp3) is 0.667. The van der Waals surface area contributed by atoms with Crippen LogP contribution in [0.4, 0.5) is 0 Å². The number of halogens is 2. The Labute approximate surface area is 125 Å². The molecule has 1 heterocycles. The lowest BCUT2D eigenvalue weighted by Crippen LogP contribution is -2.38. The Bertz CT molecular complexity index is 318. The van der Waals surface area contributed by atoms with Crippen LogP contribution in [0, 0.1) is 0 Å². The van der Waals surface area contributed by atoms with Crippen LogP contribution in [0.1, 0.15) is 25.6 Å². The largest absolute Gasteiger partial charge is 0.308 e. The van der Waals surface area contributed by atoms with Gasteiger partial charge in [0, 0.05) is 28.5 Å². The third kappa shape index (κ3) is 5.39. The monoisotopic (exact) mass is 382 g/mol. The Morgan fingerprint density at radius 3 is 2.47 bits per heavy atom. The number of nitrogens with one attached hydrogen (secondary N) is 1. The molecule has 0 saturated heterocycles. The highest BCUT2D eigenvalue weighted by molar-refractivity contribution is 9.13. The Balaban J connectivity index is 2.35. The van der Waals surface area contributed by atoms with Crippen LogP contribution >= 0.6 is 43.2 Å². The van der Waals surface area contributed by atoms with Crippen molar-refractivity contribution in [3.8, 4) is 0 Å². The van der Waals surface area contributed by atoms with Crippen LogP contribution in [0.2, 0.25) is 0 Å². The van der Waals surface area contributed by atoms with E-state index in [4.69, 9.17) is 0 Å². The lowest BCUT2D eigenvalue weighted by atomic mass is 10.3. The number of thiophene rings is 1. The molecule has 98 valence electrons. The highest BCUT2D eigenvalue weighted by Crippen LogP contribution is 2.32. The van der Waals surface area contributed by atoms with Crippen molar-refractivity contribution in [2.45, 2.75) is 33.4 Å². The molecule has 0 bridgehead atoms. The summed E-state index contributed by atoms with van der Waals surface area (Å²) in [5, 5.41) is 3.57. The van der Waals surface area contributed by atoms with Crippen LogP contribution in [-0.2, 0) is 6.54 Å². The highest BCUT2D eigenvalue weighted by Gasteiger charge is 2.08. The molecule has 0 aliphatic carbocycles. The molecule has 1 unspecified atom stereocenters. The molecule has 0 radical (unpaired) electrons. The minimum atomic E-state index is 0.523. The summed E-state index contributed by atoms with van der Waals surface area (Å²) in [7, 11) is 0. The van der Waals surface area contributed by atoms with Gasteiger partial charge in [-0.25, -0.2) is 0 Å². The Kier molecular flexibility index (Phi) is 7.26. The first-order chi connectivity index (χ1) is 8.06. The Morgan fingerprint density at radius 2 is 2.00 bits per heavy atom. The fourth-order valence-corrected chi connectivity index (χ4v) is 3.81. The van der Waals surface area contributed by atoms with E-state index in [1.165, 1.54) is 8.66 Å². The average molecular weight is 384 g/mol. The Hall–Kier alpha value is 0.580. The predicted molar refractivity (Wildman–Crippen MR) is 83.8 cm³/mol.